The van der Waals surface area contributed by atoms with Crippen LogP contribution in [-0.2, 0) is 13.0 Å². The molecule has 6 nitrogen and oxygen atoms in total. The van der Waals surface area contributed by atoms with Crippen LogP contribution in [-0.4, -0.2) is 35.7 Å². The standard InChI is InChI=1S/C27H29N3O3/c1-20-8-10-21(11-9-20)27(31)28-17-16-26-29-24-6-3-4-7-25(24)30(26)18-5-19-33-23-14-12-22(32-2)13-15-23/h3-4,6-15H,5,16-19H2,1-2H3,(H,28,31). The van der Waals surface area contributed by atoms with Crippen LogP contribution < -0.4 is 14.8 Å². The number of benzene rings is 3. The zero-order valence-electron chi connectivity index (χ0n) is 19.1. The number of nitrogens with one attached hydrogen (secondary N) is 1. The smallest absolute Gasteiger partial charge is 0.251 e. The van der Waals surface area contributed by atoms with Crippen LogP contribution in [0.25, 0.3) is 11.0 Å². The zero-order chi connectivity index (χ0) is 23.0. The van der Waals surface area contributed by atoms with Gasteiger partial charge in [-0.05, 0) is 61.9 Å². The van der Waals surface area contributed by atoms with Crippen LogP contribution in [0.3, 0.4) is 0 Å². The van der Waals surface area contributed by atoms with Crippen molar-refractivity contribution in [3.05, 3.63) is 89.7 Å². The van der Waals surface area contributed by atoms with E-state index in [4.69, 9.17) is 14.5 Å². The number of hydrogen-bond donors (Lipinski definition) is 1. The maximum absolute atomic E-state index is 12.4. The first-order valence-electron chi connectivity index (χ1n) is 11.2. The van der Waals surface area contributed by atoms with Crippen LogP contribution in [0.2, 0.25) is 0 Å². The number of carbonyl (C=O) groups is 1. The Morgan fingerprint density at radius 3 is 2.45 bits per heavy atom. The van der Waals surface area contributed by atoms with Crippen molar-refractivity contribution in [1.82, 2.24) is 14.9 Å². The van der Waals surface area contributed by atoms with E-state index in [9.17, 15) is 4.79 Å². The lowest BCUT2D eigenvalue weighted by molar-refractivity contribution is 0.0954. The molecule has 0 radical (unpaired) electrons. The lowest BCUT2D eigenvalue weighted by Crippen LogP contribution is -2.26. The number of imidazole rings is 1. The summed E-state index contributed by atoms with van der Waals surface area (Å²) in [5, 5.41) is 3.01. The van der Waals surface area contributed by atoms with E-state index in [-0.39, 0.29) is 5.91 Å². The van der Waals surface area contributed by atoms with E-state index in [1.165, 1.54) is 0 Å². The third-order valence-electron chi connectivity index (χ3n) is 5.54. The van der Waals surface area contributed by atoms with E-state index in [0.717, 1.165) is 46.9 Å². The fraction of sp³-hybridized carbons (Fsp3) is 0.259. The quantitative estimate of drug-likeness (QED) is 0.358. The molecule has 4 aromatic rings. The van der Waals surface area contributed by atoms with Crippen molar-refractivity contribution >= 4 is 16.9 Å². The molecule has 3 aromatic carbocycles. The molecule has 1 N–H and O–H groups in total. The van der Waals surface area contributed by atoms with E-state index in [1.807, 2.05) is 73.7 Å². The van der Waals surface area contributed by atoms with Gasteiger partial charge in [-0.15, -0.1) is 0 Å². The molecule has 0 fully saturated rings. The molecule has 0 aliphatic heterocycles. The molecule has 4 rings (SSSR count). The van der Waals surface area contributed by atoms with Crippen LogP contribution in [0.1, 0.15) is 28.2 Å². The van der Waals surface area contributed by atoms with Gasteiger partial charge in [-0.1, -0.05) is 29.8 Å². The number of fused-ring (bicyclic) bond motifs is 1. The minimum Gasteiger partial charge on any atom is -0.497 e. The zero-order valence-corrected chi connectivity index (χ0v) is 19.1. The highest BCUT2D eigenvalue weighted by Gasteiger charge is 2.11. The van der Waals surface area contributed by atoms with Gasteiger partial charge in [0.1, 0.15) is 17.3 Å². The Balaban J connectivity index is 1.35. The second-order valence-electron chi connectivity index (χ2n) is 7.92. The van der Waals surface area contributed by atoms with Gasteiger partial charge in [-0.3, -0.25) is 4.79 Å². The molecule has 170 valence electrons. The Labute approximate surface area is 194 Å². The van der Waals surface area contributed by atoms with Gasteiger partial charge < -0.3 is 19.4 Å². The molecule has 0 saturated heterocycles. The first-order chi connectivity index (χ1) is 16.1. The summed E-state index contributed by atoms with van der Waals surface area (Å²) >= 11 is 0. The fourth-order valence-electron chi connectivity index (χ4n) is 3.75. The molecule has 6 heteroatoms. The molecule has 0 saturated carbocycles. The molecule has 33 heavy (non-hydrogen) atoms. The number of ether oxygens (including phenoxy) is 2. The fourth-order valence-corrected chi connectivity index (χ4v) is 3.75. The minimum atomic E-state index is -0.0643. The summed E-state index contributed by atoms with van der Waals surface area (Å²) in [6.07, 6.45) is 1.50. The first-order valence-corrected chi connectivity index (χ1v) is 11.2. The molecule has 0 spiro atoms. The molecular weight excluding hydrogens is 414 g/mol. The van der Waals surface area contributed by atoms with Crippen molar-refractivity contribution in [3.63, 3.8) is 0 Å². The van der Waals surface area contributed by atoms with Crippen LogP contribution in [0.5, 0.6) is 11.5 Å². The number of hydrogen-bond acceptors (Lipinski definition) is 4. The largest absolute Gasteiger partial charge is 0.497 e. The van der Waals surface area contributed by atoms with Crippen molar-refractivity contribution in [2.24, 2.45) is 0 Å². The molecule has 0 aliphatic rings. The number of amides is 1. The number of rotatable bonds is 10. The lowest BCUT2D eigenvalue weighted by atomic mass is 10.1. The van der Waals surface area contributed by atoms with E-state index < -0.39 is 0 Å². The SMILES string of the molecule is COc1ccc(OCCCn2c(CCNC(=O)c3ccc(C)cc3)nc3ccccc32)cc1. The van der Waals surface area contributed by atoms with E-state index in [2.05, 4.69) is 16.0 Å². The molecule has 1 amide bonds. The van der Waals surface area contributed by atoms with Gasteiger partial charge in [-0.25, -0.2) is 4.98 Å². The van der Waals surface area contributed by atoms with Gasteiger partial charge >= 0.3 is 0 Å². The van der Waals surface area contributed by atoms with Crippen LogP contribution in [0.15, 0.2) is 72.8 Å². The van der Waals surface area contributed by atoms with Crippen LogP contribution in [0, 0.1) is 6.92 Å². The molecule has 0 aliphatic carbocycles. The highest BCUT2D eigenvalue weighted by atomic mass is 16.5. The number of para-hydroxylation sites is 2. The third kappa shape index (κ3) is 5.71. The molecule has 0 bridgehead atoms. The summed E-state index contributed by atoms with van der Waals surface area (Å²) < 4.78 is 13.3. The summed E-state index contributed by atoms with van der Waals surface area (Å²) in [5.41, 5.74) is 3.87. The lowest BCUT2D eigenvalue weighted by Gasteiger charge is -2.11. The number of aromatic nitrogens is 2. The third-order valence-corrected chi connectivity index (χ3v) is 5.54. The second kappa shape index (κ2) is 10.7. The maximum atomic E-state index is 12.4. The molecular formula is C27H29N3O3. The summed E-state index contributed by atoms with van der Waals surface area (Å²) in [5.74, 6) is 2.53. The average Bonchev–Trinajstić information content (AvgIpc) is 3.20. The number of carbonyl (C=O) groups excluding carboxylic acids is 1. The minimum absolute atomic E-state index is 0.0643. The molecule has 0 unspecified atom stereocenters. The van der Waals surface area contributed by atoms with E-state index in [0.29, 0.717) is 25.1 Å². The maximum Gasteiger partial charge on any atom is 0.251 e. The Morgan fingerprint density at radius 1 is 0.970 bits per heavy atom. The number of methoxy groups -OCH3 is 1. The van der Waals surface area contributed by atoms with Gasteiger partial charge in [-0.2, -0.15) is 0 Å². The number of nitrogens with zero attached hydrogens (tertiary/aromatic N) is 2. The van der Waals surface area contributed by atoms with Crippen molar-refractivity contribution < 1.29 is 14.3 Å². The average molecular weight is 444 g/mol. The second-order valence-corrected chi connectivity index (χ2v) is 7.92. The van der Waals surface area contributed by atoms with Gasteiger partial charge in [0.2, 0.25) is 0 Å². The van der Waals surface area contributed by atoms with E-state index >= 15 is 0 Å². The highest BCUT2D eigenvalue weighted by Crippen LogP contribution is 2.19. The predicted octanol–water partition coefficient (Wildman–Crippen LogP) is 4.79. The van der Waals surface area contributed by atoms with Crippen molar-refractivity contribution in [2.45, 2.75) is 26.3 Å². The highest BCUT2D eigenvalue weighted by molar-refractivity contribution is 5.94. The summed E-state index contributed by atoms with van der Waals surface area (Å²) in [4.78, 5) is 17.2. The normalized spacial score (nSPS) is 10.8. The molecule has 0 atom stereocenters. The Kier molecular flexibility index (Phi) is 7.25. The topological polar surface area (TPSA) is 65.4 Å². The van der Waals surface area contributed by atoms with Gasteiger partial charge in [0.25, 0.3) is 5.91 Å². The number of aryl methyl sites for hydroxylation is 2. The van der Waals surface area contributed by atoms with Gasteiger partial charge in [0.05, 0.1) is 24.8 Å². The monoisotopic (exact) mass is 443 g/mol. The summed E-state index contributed by atoms with van der Waals surface area (Å²) in [6.45, 7) is 3.92. The first kappa shape index (κ1) is 22.4. The summed E-state index contributed by atoms with van der Waals surface area (Å²) in [7, 11) is 1.65. The summed E-state index contributed by atoms with van der Waals surface area (Å²) in [6, 6.07) is 23.3. The molecule has 1 aromatic heterocycles. The Bertz CT molecular complexity index is 1200. The van der Waals surface area contributed by atoms with Gasteiger partial charge in [0.15, 0.2) is 0 Å². The predicted molar refractivity (Wildman–Crippen MR) is 130 cm³/mol. The van der Waals surface area contributed by atoms with Crippen LogP contribution in [0.4, 0.5) is 0 Å². The van der Waals surface area contributed by atoms with Crippen molar-refractivity contribution in [3.8, 4) is 11.5 Å². The Morgan fingerprint density at radius 2 is 1.70 bits per heavy atom. The van der Waals surface area contributed by atoms with Crippen LogP contribution >= 0.6 is 0 Å². The Hall–Kier alpha value is -3.80. The molecule has 1 heterocycles. The van der Waals surface area contributed by atoms with Crippen molar-refractivity contribution in [1.29, 1.82) is 0 Å². The van der Waals surface area contributed by atoms with Crippen molar-refractivity contribution in [2.75, 3.05) is 20.3 Å². The van der Waals surface area contributed by atoms with Gasteiger partial charge in [0, 0.05) is 25.1 Å². The van der Waals surface area contributed by atoms with E-state index in [1.54, 1.807) is 7.11 Å².